The third-order valence-corrected chi connectivity index (χ3v) is 1.77. The summed E-state index contributed by atoms with van der Waals surface area (Å²) in [5, 5.41) is 2.54. The minimum atomic E-state index is -0.423. The van der Waals surface area contributed by atoms with E-state index in [-0.39, 0.29) is 24.9 Å². The summed E-state index contributed by atoms with van der Waals surface area (Å²) in [6.07, 6.45) is 0. The van der Waals surface area contributed by atoms with E-state index in [9.17, 15) is 9.59 Å². The Labute approximate surface area is 90.4 Å². The minimum Gasteiger partial charge on any atom is -0.364 e. The van der Waals surface area contributed by atoms with Crippen molar-refractivity contribution in [2.24, 2.45) is 11.1 Å². The number of amides is 1. The monoisotopic (exact) mass is 216 g/mol. The van der Waals surface area contributed by atoms with Crippen molar-refractivity contribution in [2.45, 2.75) is 20.8 Å². The lowest BCUT2D eigenvalue weighted by atomic mass is 9.91. The van der Waals surface area contributed by atoms with E-state index >= 15 is 0 Å². The molecule has 0 rings (SSSR count). The second kappa shape index (κ2) is 6.53. The van der Waals surface area contributed by atoms with Crippen molar-refractivity contribution >= 4 is 11.7 Å². The summed E-state index contributed by atoms with van der Waals surface area (Å²) in [5.41, 5.74) is 4.78. The van der Waals surface area contributed by atoms with Gasteiger partial charge in [-0.05, 0) is 0 Å². The van der Waals surface area contributed by atoms with E-state index in [1.807, 2.05) is 20.8 Å². The summed E-state index contributed by atoms with van der Waals surface area (Å²) in [5.74, 6) is -0.267. The van der Waals surface area contributed by atoms with E-state index in [1.165, 1.54) is 0 Å². The van der Waals surface area contributed by atoms with Crippen LogP contribution in [0.3, 0.4) is 0 Å². The van der Waals surface area contributed by atoms with Crippen LogP contribution in [-0.2, 0) is 14.3 Å². The summed E-state index contributed by atoms with van der Waals surface area (Å²) >= 11 is 0. The van der Waals surface area contributed by atoms with Gasteiger partial charge in [-0.1, -0.05) is 20.8 Å². The van der Waals surface area contributed by atoms with Crippen LogP contribution < -0.4 is 11.1 Å². The summed E-state index contributed by atoms with van der Waals surface area (Å²) in [7, 11) is 0. The molecular weight excluding hydrogens is 196 g/mol. The number of ketones is 1. The van der Waals surface area contributed by atoms with Crippen molar-refractivity contribution in [1.82, 2.24) is 5.32 Å². The number of ether oxygens (including phenoxy) is 1. The molecule has 0 heterocycles. The standard InChI is InChI=1S/C10H20N2O3/c1-10(2,3)8(13)6-15-7-9(14)12-5-4-11/h4-7,11H2,1-3H3,(H,12,14). The van der Waals surface area contributed by atoms with Crippen molar-refractivity contribution in [3.05, 3.63) is 0 Å². The molecule has 88 valence electrons. The molecule has 0 atom stereocenters. The highest BCUT2D eigenvalue weighted by atomic mass is 16.5. The lowest BCUT2D eigenvalue weighted by Gasteiger charge is -2.16. The van der Waals surface area contributed by atoms with Crippen LogP contribution >= 0.6 is 0 Å². The smallest absolute Gasteiger partial charge is 0.246 e. The van der Waals surface area contributed by atoms with Crippen LogP contribution in [0.2, 0.25) is 0 Å². The average Bonchev–Trinajstić information content (AvgIpc) is 2.13. The largest absolute Gasteiger partial charge is 0.364 e. The predicted molar refractivity (Wildman–Crippen MR) is 57.3 cm³/mol. The van der Waals surface area contributed by atoms with E-state index in [4.69, 9.17) is 10.5 Å². The Bertz CT molecular complexity index is 221. The summed E-state index contributed by atoms with van der Waals surface area (Å²) < 4.78 is 4.98. The summed E-state index contributed by atoms with van der Waals surface area (Å²) in [6.45, 7) is 6.14. The molecule has 0 spiro atoms. The van der Waals surface area contributed by atoms with Crippen LogP contribution in [-0.4, -0.2) is 38.0 Å². The third kappa shape index (κ3) is 7.04. The van der Waals surface area contributed by atoms with Crippen LogP contribution in [0, 0.1) is 5.41 Å². The molecule has 0 aromatic rings. The van der Waals surface area contributed by atoms with Gasteiger partial charge in [-0.15, -0.1) is 0 Å². The molecule has 0 aromatic heterocycles. The Morgan fingerprint density at radius 3 is 2.33 bits per heavy atom. The van der Waals surface area contributed by atoms with E-state index in [0.29, 0.717) is 13.1 Å². The van der Waals surface area contributed by atoms with Gasteiger partial charge in [-0.25, -0.2) is 0 Å². The molecule has 5 heteroatoms. The fourth-order valence-corrected chi connectivity index (χ4v) is 0.716. The highest BCUT2D eigenvalue weighted by Crippen LogP contribution is 2.14. The van der Waals surface area contributed by atoms with E-state index in [1.54, 1.807) is 0 Å². The van der Waals surface area contributed by atoms with Crippen LogP contribution in [0.25, 0.3) is 0 Å². The lowest BCUT2D eigenvalue weighted by Crippen LogP contribution is -2.33. The highest BCUT2D eigenvalue weighted by molar-refractivity contribution is 5.85. The number of carbonyl (C=O) groups excluding carboxylic acids is 2. The van der Waals surface area contributed by atoms with Gasteiger partial charge in [-0.2, -0.15) is 0 Å². The Morgan fingerprint density at radius 2 is 1.87 bits per heavy atom. The number of carbonyl (C=O) groups is 2. The zero-order valence-corrected chi connectivity index (χ0v) is 9.63. The first-order valence-electron chi connectivity index (χ1n) is 4.95. The number of hydrogen-bond acceptors (Lipinski definition) is 4. The maximum atomic E-state index is 11.4. The molecule has 0 aliphatic heterocycles. The average molecular weight is 216 g/mol. The number of hydrogen-bond donors (Lipinski definition) is 2. The third-order valence-electron chi connectivity index (χ3n) is 1.77. The molecule has 0 fully saturated rings. The second-order valence-electron chi connectivity index (χ2n) is 4.30. The van der Waals surface area contributed by atoms with Crippen molar-refractivity contribution in [2.75, 3.05) is 26.3 Å². The molecule has 0 bridgehead atoms. The Kier molecular flexibility index (Phi) is 6.12. The van der Waals surface area contributed by atoms with Gasteiger partial charge in [0.05, 0.1) is 0 Å². The van der Waals surface area contributed by atoms with Crippen molar-refractivity contribution in [3.63, 3.8) is 0 Å². The van der Waals surface area contributed by atoms with E-state index in [0.717, 1.165) is 0 Å². The van der Waals surface area contributed by atoms with Gasteiger partial charge in [0.25, 0.3) is 0 Å². The minimum absolute atomic E-state index is 0.0193. The van der Waals surface area contributed by atoms with Gasteiger partial charge in [0, 0.05) is 18.5 Å². The predicted octanol–water partition coefficient (Wildman–Crippen LogP) is -0.307. The lowest BCUT2D eigenvalue weighted by molar-refractivity contribution is -0.134. The van der Waals surface area contributed by atoms with Crippen molar-refractivity contribution in [1.29, 1.82) is 0 Å². The van der Waals surface area contributed by atoms with Crippen LogP contribution in [0.4, 0.5) is 0 Å². The normalized spacial score (nSPS) is 11.2. The summed E-state index contributed by atoms with van der Waals surface area (Å²) in [4.78, 5) is 22.4. The number of nitrogens with two attached hydrogens (primary N) is 1. The van der Waals surface area contributed by atoms with Crippen LogP contribution in [0.1, 0.15) is 20.8 Å². The maximum absolute atomic E-state index is 11.4. The SMILES string of the molecule is CC(C)(C)C(=O)COCC(=O)NCCN. The first-order valence-corrected chi connectivity index (χ1v) is 4.95. The topological polar surface area (TPSA) is 81.4 Å². The zero-order chi connectivity index (χ0) is 11.9. The first-order chi connectivity index (χ1) is 6.88. The summed E-state index contributed by atoms with van der Waals surface area (Å²) in [6, 6.07) is 0. The highest BCUT2D eigenvalue weighted by Gasteiger charge is 2.21. The first kappa shape index (κ1) is 14.1. The van der Waals surface area contributed by atoms with Gasteiger partial charge in [-0.3, -0.25) is 9.59 Å². The van der Waals surface area contributed by atoms with Gasteiger partial charge in [0.2, 0.25) is 5.91 Å². The number of Topliss-reactive ketones (excluding diaryl/α,β-unsaturated/α-hetero) is 1. The van der Waals surface area contributed by atoms with Gasteiger partial charge in [0.1, 0.15) is 13.2 Å². The second-order valence-corrected chi connectivity index (χ2v) is 4.30. The molecule has 0 aromatic carbocycles. The number of nitrogens with one attached hydrogen (secondary N) is 1. The van der Waals surface area contributed by atoms with Crippen molar-refractivity contribution < 1.29 is 14.3 Å². The molecule has 0 radical (unpaired) electrons. The van der Waals surface area contributed by atoms with Gasteiger partial charge >= 0.3 is 0 Å². The molecule has 3 N–H and O–H groups in total. The Balaban J connectivity index is 3.62. The Hall–Kier alpha value is -0.940. The van der Waals surface area contributed by atoms with Gasteiger partial charge in [0.15, 0.2) is 5.78 Å². The molecule has 0 aliphatic rings. The molecule has 0 saturated heterocycles. The molecule has 15 heavy (non-hydrogen) atoms. The zero-order valence-electron chi connectivity index (χ0n) is 9.63. The maximum Gasteiger partial charge on any atom is 0.246 e. The van der Waals surface area contributed by atoms with Crippen molar-refractivity contribution in [3.8, 4) is 0 Å². The molecule has 0 unspecified atom stereocenters. The molecule has 5 nitrogen and oxygen atoms in total. The van der Waals surface area contributed by atoms with Crippen LogP contribution in [0.5, 0.6) is 0 Å². The molecule has 0 saturated carbocycles. The Morgan fingerprint density at radius 1 is 1.27 bits per heavy atom. The van der Waals surface area contributed by atoms with Crippen LogP contribution in [0.15, 0.2) is 0 Å². The molecular formula is C10H20N2O3. The van der Waals surface area contributed by atoms with E-state index < -0.39 is 5.41 Å². The number of rotatable bonds is 6. The van der Waals surface area contributed by atoms with E-state index in [2.05, 4.69) is 5.32 Å². The molecule has 0 aliphatic carbocycles. The molecule has 1 amide bonds. The fraction of sp³-hybridized carbons (Fsp3) is 0.800. The fourth-order valence-electron chi connectivity index (χ4n) is 0.716. The quantitative estimate of drug-likeness (QED) is 0.638. The van der Waals surface area contributed by atoms with Gasteiger partial charge < -0.3 is 15.8 Å².